The fraction of sp³-hybridized carbons (Fsp3) is 0.733. The van der Waals surface area contributed by atoms with Crippen LogP contribution in [0.3, 0.4) is 0 Å². The zero-order chi connectivity index (χ0) is 14.7. The van der Waals surface area contributed by atoms with Crippen molar-refractivity contribution in [3.05, 3.63) is 18.0 Å². The van der Waals surface area contributed by atoms with E-state index in [1.54, 1.807) is 0 Å². The summed E-state index contributed by atoms with van der Waals surface area (Å²) in [5.41, 5.74) is 4.57. The Bertz CT molecular complexity index is 475. The summed E-state index contributed by atoms with van der Waals surface area (Å²) in [6.07, 6.45) is 5.05. The maximum Gasteiger partial charge on any atom is 0.237 e. The number of hydrazine groups is 1. The lowest BCUT2D eigenvalue weighted by molar-refractivity contribution is 0.0550. The summed E-state index contributed by atoms with van der Waals surface area (Å²) >= 11 is 0. The standard InChI is InChI=1S/C15H25N5O/c1-15(5-9-21-10-6-15)13-3-7-17-14(18-13)19-20-8-4-12(11-20)16-2/h3,7,12,16H,4-6,8-11H2,1-2H3,(H,17,18,19)/t12-/m1/s1. The van der Waals surface area contributed by atoms with Crippen LogP contribution in [-0.4, -0.2) is 54.4 Å². The molecule has 2 saturated heterocycles. The summed E-state index contributed by atoms with van der Waals surface area (Å²) in [7, 11) is 2.01. The molecule has 3 heterocycles. The Balaban J connectivity index is 1.68. The van der Waals surface area contributed by atoms with Gasteiger partial charge in [-0.3, -0.25) is 5.43 Å². The van der Waals surface area contributed by atoms with Crippen LogP contribution in [0.2, 0.25) is 0 Å². The van der Waals surface area contributed by atoms with Crippen molar-refractivity contribution in [2.45, 2.75) is 37.6 Å². The third kappa shape index (κ3) is 3.33. The predicted octanol–water partition coefficient (Wildman–Crippen LogP) is 1.17. The van der Waals surface area contributed by atoms with Crippen molar-refractivity contribution in [3.8, 4) is 0 Å². The molecule has 1 atom stereocenters. The number of nitrogens with one attached hydrogen (secondary N) is 2. The van der Waals surface area contributed by atoms with Crippen LogP contribution in [0.15, 0.2) is 12.3 Å². The van der Waals surface area contributed by atoms with E-state index in [9.17, 15) is 0 Å². The highest BCUT2D eigenvalue weighted by molar-refractivity contribution is 5.27. The summed E-state index contributed by atoms with van der Waals surface area (Å²) in [6.45, 7) is 5.91. The highest BCUT2D eigenvalue weighted by Crippen LogP contribution is 2.33. The van der Waals surface area contributed by atoms with Crippen molar-refractivity contribution in [3.63, 3.8) is 0 Å². The second kappa shape index (κ2) is 6.25. The van der Waals surface area contributed by atoms with Crippen molar-refractivity contribution < 1.29 is 4.74 Å². The van der Waals surface area contributed by atoms with E-state index in [-0.39, 0.29) is 5.41 Å². The minimum atomic E-state index is 0.107. The average molecular weight is 291 g/mol. The fourth-order valence-electron chi connectivity index (χ4n) is 3.07. The van der Waals surface area contributed by atoms with Gasteiger partial charge in [-0.05, 0) is 32.4 Å². The maximum absolute atomic E-state index is 5.47. The number of rotatable bonds is 4. The monoisotopic (exact) mass is 291 g/mol. The van der Waals surface area contributed by atoms with E-state index in [0.717, 1.165) is 51.3 Å². The Kier molecular flexibility index (Phi) is 4.37. The second-order valence-electron chi connectivity index (χ2n) is 6.27. The first kappa shape index (κ1) is 14.7. The number of ether oxygens (including phenoxy) is 1. The molecule has 0 aromatic carbocycles. The molecule has 1 aromatic rings. The Labute approximate surface area is 126 Å². The predicted molar refractivity (Wildman–Crippen MR) is 82.1 cm³/mol. The molecule has 0 radical (unpaired) electrons. The molecule has 2 N–H and O–H groups in total. The topological polar surface area (TPSA) is 62.3 Å². The first-order valence-electron chi connectivity index (χ1n) is 7.80. The molecule has 0 bridgehead atoms. The molecule has 6 heteroatoms. The van der Waals surface area contributed by atoms with Gasteiger partial charge in [0.25, 0.3) is 0 Å². The zero-order valence-corrected chi connectivity index (χ0v) is 12.9. The molecule has 0 spiro atoms. The van der Waals surface area contributed by atoms with Crippen molar-refractivity contribution >= 4 is 5.95 Å². The molecule has 1 aromatic heterocycles. The van der Waals surface area contributed by atoms with Crippen molar-refractivity contribution in [2.24, 2.45) is 0 Å². The van der Waals surface area contributed by atoms with Gasteiger partial charge in [-0.15, -0.1) is 0 Å². The van der Waals surface area contributed by atoms with E-state index in [2.05, 4.69) is 27.7 Å². The smallest absolute Gasteiger partial charge is 0.237 e. The third-order valence-electron chi connectivity index (χ3n) is 4.72. The number of hydrogen-bond acceptors (Lipinski definition) is 6. The van der Waals surface area contributed by atoms with Gasteiger partial charge in [-0.1, -0.05) is 6.92 Å². The van der Waals surface area contributed by atoms with E-state index in [1.165, 1.54) is 0 Å². The number of hydrogen-bond donors (Lipinski definition) is 2. The minimum Gasteiger partial charge on any atom is -0.381 e. The molecule has 21 heavy (non-hydrogen) atoms. The van der Waals surface area contributed by atoms with E-state index in [4.69, 9.17) is 9.72 Å². The molecule has 2 aliphatic rings. The lowest BCUT2D eigenvalue weighted by atomic mass is 9.79. The molecule has 0 saturated carbocycles. The van der Waals surface area contributed by atoms with Gasteiger partial charge in [-0.25, -0.2) is 15.0 Å². The zero-order valence-electron chi connectivity index (χ0n) is 12.9. The number of aromatic nitrogens is 2. The first-order valence-corrected chi connectivity index (χ1v) is 7.80. The average Bonchev–Trinajstić information content (AvgIpc) is 2.96. The van der Waals surface area contributed by atoms with Crippen molar-refractivity contribution in [2.75, 3.05) is 38.8 Å². The summed E-state index contributed by atoms with van der Waals surface area (Å²) < 4.78 is 5.47. The number of nitrogens with zero attached hydrogens (tertiary/aromatic N) is 3. The van der Waals surface area contributed by atoms with Crippen molar-refractivity contribution in [1.82, 2.24) is 20.3 Å². The molecule has 2 aliphatic heterocycles. The van der Waals surface area contributed by atoms with Gasteiger partial charge in [0.15, 0.2) is 0 Å². The summed E-state index contributed by atoms with van der Waals surface area (Å²) in [4.78, 5) is 9.11. The minimum absolute atomic E-state index is 0.107. The van der Waals surface area contributed by atoms with Gasteiger partial charge in [0.2, 0.25) is 5.95 Å². The Hall–Kier alpha value is -1.24. The van der Waals surface area contributed by atoms with Gasteiger partial charge < -0.3 is 10.1 Å². The van der Waals surface area contributed by atoms with Gasteiger partial charge in [0.05, 0.1) is 5.69 Å². The largest absolute Gasteiger partial charge is 0.381 e. The molecule has 3 rings (SSSR count). The fourth-order valence-corrected chi connectivity index (χ4v) is 3.07. The van der Waals surface area contributed by atoms with Gasteiger partial charge in [0.1, 0.15) is 0 Å². The van der Waals surface area contributed by atoms with E-state index < -0.39 is 0 Å². The third-order valence-corrected chi connectivity index (χ3v) is 4.72. The highest BCUT2D eigenvalue weighted by Gasteiger charge is 2.31. The normalized spacial score (nSPS) is 25.9. The molecule has 0 amide bonds. The summed E-state index contributed by atoms with van der Waals surface area (Å²) in [5.74, 6) is 0.706. The molecule has 116 valence electrons. The molecule has 2 fully saturated rings. The number of likely N-dealkylation sites (N-methyl/N-ethyl adjacent to an activating group) is 1. The van der Waals surface area contributed by atoms with Crippen LogP contribution in [0.25, 0.3) is 0 Å². The molecular formula is C15H25N5O. The quantitative estimate of drug-likeness (QED) is 0.868. The Morgan fingerprint density at radius 1 is 1.38 bits per heavy atom. The van der Waals surface area contributed by atoms with E-state index in [1.807, 2.05) is 19.3 Å². The van der Waals surface area contributed by atoms with Crippen LogP contribution in [0.1, 0.15) is 31.9 Å². The van der Waals surface area contributed by atoms with Crippen LogP contribution in [-0.2, 0) is 10.2 Å². The van der Waals surface area contributed by atoms with Crippen LogP contribution >= 0.6 is 0 Å². The summed E-state index contributed by atoms with van der Waals surface area (Å²) in [6, 6.07) is 2.59. The van der Waals surface area contributed by atoms with E-state index >= 15 is 0 Å². The van der Waals surface area contributed by atoms with Gasteiger partial charge >= 0.3 is 0 Å². The van der Waals surface area contributed by atoms with Crippen LogP contribution in [0, 0.1) is 0 Å². The van der Waals surface area contributed by atoms with Gasteiger partial charge in [0, 0.05) is 44.0 Å². The molecule has 0 unspecified atom stereocenters. The van der Waals surface area contributed by atoms with Crippen LogP contribution in [0.4, 0.5) is 5.95 Å². The lowest BCUT2D eigenvalue weighted by Crippen LogP contribution is -2.34. The highest BCUT2D eigenvalue weighted by atomic mass is 16.5. The van der Waals surface area contributed by atoms with Crippen molar-refractivity contribution in [1.29, 1.82) is 0 Å². The first-order chi connectivity index (χ1) is 10.2. The van der Waals surface area contributed by atoms with E-state index in [0.29, 0.717) is 12.0 Å². The lowest BCUT2D eigenvalue weighted by Gasteiger charge is -2.33. The molecule has 6 nitrogen and oxygen atoms in total. The van der Waals surface area contributed by atoms with Crippen LogP contribution < -0.4 is 10.7 Å². The SMILES string of the molecule is CN[C@@H]1CCN(Nc2nccc(C3(C)CCOCC3)n2)C1. The maximum atomic E-state index is 5.47. The molecule has 0 aliphatic carbocycles. The van der Waals surface area contributed by atoms with Gasteiger partial charge in [-0.2, -0.15) is 0 Å². The number of anilines is 1. The Morgan fingerprint density at radius 2 is 2.19 bits per heavy atom. The summed E-state index contributed by atoms with van der Waals surface area (Å²) in [5, 5.41) is 5.50. The second-order valence-corrected chi connectivity index (χ2v) is 6.27. The molecular weight excluding hydrogens is 266 g/mol. The van der Waals surface area contributed by atoms with Crippen LogP contribution in [0.5, 0.6) is 0 Å². The Morgan fingerprint density at radius 3 is 2.90 bits per heavy atom.